The molecule has 0 spiro atoms. The quantitative estimate of drug-likeness (QED) is 0.290. The van der Waals surface area contributed by atoms with Crippen LogP contribution < -0.4 is 4.74 Å². The van der Waals surface area contributed by atoms with Gasteiger partial charge in [0.25, 0.3) is 0 Å². The van der Waals surface area contributed by atoms with Crippen LogP contribution in [-0.4, -0.2) is 6.61 Å². The molecule has 3 fully saturated rings. The summed E-state index contributed by atoms with van der Waals surface area (Å²) in [5, 5.41) is 0. The van der Waals surface area contributed by atoms with Crippen LogP contribution >= 0.6 is 0 Å². The first-order valence-corrected chi connectivity index (χ1v) is 15.3. The van der Waals surface area contributed by atoms with E-state index < -0.39 is 11.6 Å². The highest BCUT2D eigenvalue weighted by atomic mass is 19.2. The molecule has 3 saturated carbocycles. The molecule has 0 N–H and O–H groups in total. The van der Waals surface area contributed by atoms with E-state index in [1.807, 2.05) is 0 Å². The topological polar surface area (TPSA) is 9.23 Å². The van der Waals surface area contributed by atoms with Gasteiger partial charge in [0, 0.05) is 0 Å². The lowest BCUT2D eigenvalue weighted by Gasteiger charge is -2.38. The molecule has 1 aromatic rings. The first-order chi connectivity index (χ1) is 17.6. The van der Waals surface area contributed by atoms with E-state index in [1.165, 1.54) is 77.0 Å². The summed E-state index contributed by atoms with van der Waals surface area (Å²) in [6.45, 7) is 4.27. The minimum atomic E-state index is -0.815. The third kappa shape index (κ3) is 7.35. The van der Waals surface area contributed by atoms with Crippen molar-refractivity contribution in [2.24, 2.45) is 29.6 Å². The van der Waals surface area contributed by atoms with Gasteiger partial charge in [0.05, 0.1) is 6.61 Å². The zero-order chi connectivity index (χ0) is 25.3. The van der Waals surface area contributed by atoms with Crippen LogP contribution in [0.4, 0.5) is 8.78 Å². The zero-order valence-corrected chi connectivity index (χ0v) is 23.0. The van der Waals surface area contributed by atoms with Gasteiger partial charge < -0.3 is 4.74 Å². The minimum Gasteiger partial charge on any atom is -0.491 e. The van der Waals surface area contributed by atoms with Crippen LogP contribution in [0.1, 0.15) is 128 Å². The number of allylic oxidation sites excluding steroid dienone is 2. The van der Waals surface area contributed by atoms with Crippen molar-refractivity contribution in [1.82, 2.24) is 0 Å². The number of ether oxygens (including phenoxy) is 1. The van der Waals surface area contributed by atoms with Gasteiger partial charge in [-0.25, -0.2) is 4.39 Å². The van der Waals surface area contributed by atoms with Gasteiger partial charge in [-0.2, -0.15) is 4.39 Å². The van der Waals surface area contributed by atoms with Crippen LogP contribution in [0.25, 0.3) is 0 Å². The molecule has 1 nitrogen and oxygen atoms in total. The van der Waals surface area contributed by atoms with Crippen molar-refractivity contribution < 1.29 is 13.5 Å². The second-order valence-electron chi connectivity index (χ2n) is 12.2. The lowest BCUT2D eigenvalue weighted by molar-refractivity contribution is 0.137. The maximum absolute atomic E-state index is 14.6. The summed E-state index contributed by atoms with van der Waals surface area (Å²) < 4.78 is 34.2. The summed E-state index contributed by atoms with van der Waals surface area (Å²) in [5.74, 6) is 3.36. The molecule has 3 aliphatic rings. The summed E-state index contributed by atoms with van der Waals surface area (Å²) >= 11 is 0. The molecule has 0 bridgehead atoms. The van der Waals surface area contributed by atoms with E-state index in [4.69, 9.17) is 4.74 Å². The molecule has 0 atom stereocenters. The van der Waals surface area contributed by atoms with E-state index in [0.717, 1.165) is 55.3 Å². The van der Waals surface area contributed by atoms with Gasteiger partial charge in [-0.1, -0.05) is 56.7 Å². The normalized spacial score (nSPS) is 31.6. The smallest absolute Gasteiger partial charge is 0.200 e. The molecule has 0 radical (unpaired) electrons. The second kappa shape index (κ2) is 14.0. The SMILES string of the molecule is C/C=C/CCC1CCC(C2CCC(CCC3CCC(c4ccc(OCC)c(F)c4F)CC3)CC2)CC1. The van der Waals surface area contributed by atoms with Crippen LogP contribution in [0.15, 0.2) is 24.3 Å². The fourth-order valence-electron chi connectivity index (χ4n) is 7.76. The molecule has 0 aromatic heterocycles. The van der Waals surface area contributed by atoms with Crippen molar-refractivity contribution in [3.05, 3.63) is 41.5 Å². The highest BCUT2D eigenvalue weighted by molar-refractivity contribution is 5.33. The average molecular weight is 501 g/mol. The molecule has 3 heteroatoms. The molecule has 3 aliphatic carbocycles. The van der Waals surface area contributed by atoms with Crippen LogP contribution in [0, 0.1) is 41.2 Å². The van der Waals surface area contributed by atoms with Gasteiger partial charge >= 0.3 is 0 Å². The lowest BCUT2D eigenvalue weighted by Crippen LogP contribution is -2.26. The molecule has 0 heterocycles. The van der Waals surface area contributed by atoms with E-state index in [-0.39, 0.29) is 11.7 Å². The fraction of sp³-hybridized carbons (Fsp3) is 0.758. The summed E-state index contributed by atoms with van der Waals surface area (Å²) in [4.78, 5) is 0. The van der Waals surface area contributed by atoms with Gasteiger partial charge in [-0.15, -0.1) is 0 Å². The van der Waals surface area contributed by atoms with Gasteiger partial charge in [0.2, 0.25) is 5.82 Å². The molecule has 0 unspecified atom stereocenters. The second-order valence-corrected chi connectivity index (χ2v) is 12.2. The third-order valence-electron chi connectivity index (χ3n) is 10.1. The van der Waals surface area contributed by atoms with Crippen molar-refractivity contribution in [3.63, 3.8) is 0 Å². The number of hydrogen-bond acceptors (Lipinski definition) is 1. The van der Waals surface area contributed by atoms with Crippen LogP contribution in [-0.2, 0) is 0 Å². The Balaban J connectivity index is 1.13. The van der Waals surface area contributed by atoms with Gasteiger partial charge in [0.15, 0.2) is 11.6 Å². The van der Waals surface area contributed by atoms with E-state index in [0.29, 0.717) is 12.2 Å². The Bertz CT molecular complexity index is 809. The van der Waals surface area contributed by atoms with Crippen molar-refractivity contribution in [2.75, 3.05) is 6.61 Å². The summed E-state index contributed by atoms with van der Waals surface area (Å²) in [6.07, 6.45) is 25.9. The zero-order valence-electron chi connectivity index (χ0n) is 23.0. The highest BCUT2D eigenvalue weighted by Gasteiger charge is 2.32. The molecule has 202 valence electrons. The number of benzene rings is 1. The highest BCUT2D eigenvalue weighted by Crippen LogP contribution is 2.45. The Hall–Kier alpha value is -1.38. The first kappa shape index (κ1) is 27.6. The number of halogens is 2. The molecular formula is C33H50F2O. The van der Waals surface area contributed by atoms with Crippen molar-refractivity contribution in [2.45, 2.75) is 122 Å². The Morgan fingerprint density at radius 3 is 1.78 bits per heavy atom. The number of hydrogen-bond donors (Lipinski definition) is 0. The number of rotatable bonds is 10. The van der Waals surface area contributed by atoms with Crippen LogP contribution in [0.3, 0.4) is 0 Å². The van der Waals surface area contributed by atoms with E-state index >= 15 is 0 Å². The van der Waals surface area contributed by atoms with E-state index in [1.54, 1.807) is 19.1 Å². The van der Waals surface area contributed by atoms with E-state index in [2.05, 4.69) is 19.1 Å². The summed E-state index contributed by atoms with van der Waals surface area (Å²) in [5.41, 5.74) is 0.555. The van der Waals surface area contributed by atoms with Crippen LogP contribution in [0.2, 0.25) is 0 Å². The molecule has 4 rings (SSSR count). The van der Waals surface area contributed by atoms with Crippen LogP contribution in [0.5, 0.6) is 5.75 Å². The first-order valence-electron chi connectivity index (χ1n) is 15.3. The molecule has 0 saturated heterocycles. The summed E-state index contributed by atoms with van der Waals surface area (Å²) in [7, 11) is 0. The van der Waals surface area contributed by atoms with E-state index in [9.17, 15) is 8.78 Å². The fourth-order valence-corrected chi connectivity index (χ4v) is 7.76. The van der Waals surface area contributed by atoms with Gasteiger partial charge in [0.1, 0.15) is 0 Å². The summed E-state index contributed by atoms with van der Waals surface area (Å²) in [6, 6.07) is 3.36. The molecule has 36 heavy (non-hydrogen) atoms. The molecule has 1 aromatic carbocycles. The van der Waals surface area contributed by atoms with Crippen molar-refractivity contribution >= 4 is 0 Å². The van der Waals surface area contributed by atoms with Crippen molar-refractivity contribution in [3.8, 4) is 5.75 Å². The average Bonchev–Trinajstić information content (AvgIpc) is 2.92. The Labute approximate surface area is 219 Å². The largest absolute Gasteiger partial charge is 0.491 e. The Morgan fingerprint density at radius 1 is 0.722 bits per heavy atom. The Kier molecular flexibility index (Phi) is 10.7. The predicted octanol–water partition coefficient (Wildman–Crippen LogP) is 10.4. The van der Waals surface area contributed by atoms with Gasteiger partial charge in [-0.05, 0) is 125 Å². The van der Waals surface area contributed by atoms with Gasteiger partial charge in [-0.3, -0.25) is 0 Å². The predicted molar refractivity (Wildman–Crippen MR) is 146 cm³/mol. The third-order valence-corrected chi connectivity index (χ3v) is 10.1. The minimum absolute atomic E-state index is 0.0370. The van der Waals surface area contributed by atoms with Crippen molar-refractivity contribution in [1.29, 1.82) is 0 Å². The Morgan fingerprint density at radius 2 is 1.25 bits per heavy atom. The molecule has 0 amide bonds. The maximum atomic E-state index is 14.6. The lowest BCUT2D eigenvalue weighted by atomic mass is 9.68. The maximum Gasteiger partial charge on any atom is 0.200 e. The standard InChI is InChI=1S/C33H50F2O/c1-3-5-6-7-24-10-16-27(17-11-24)28-18-12-25(13-19-28)8-9-26-14-20-29(21-15-26)30-22-23-31(36-4-2)33(35)32(30)34/h3,5,22-29H,4,6-21H2,1-2H3/b5-3+. The molecular weight excluding hydrogens is 450 g/mol. The monoisotopic (exact) mass is 500 g/mol. The molecule has 0 aliphatic heterocycles.